The Morgan fingerprint density at radius 3 is 2.21 bits per heavy atom. The van der Waals surface area contributed by atoms with Gasteiger partial charge in [0, 0.05) is 23.4 Å². The lowest BCUT2D eigenvalue weighted by Gasteiger charge is -2.15. The Hall–Kier alpha value is -3.40. The zero-order valence-corrected chi connectivity index (χ0v) is 16.0. The summed E-state index contributed by atoms with van der Waals surface area (Å²) in [4.78, 5) is 24.2. The standard InChI is InChI=1S/C24H23NO3/c1-16-8-7-13-21(17(16)2)25-22-12-6-5-11-20(22)23(26)15-14-18-9-3-4-10-19(18)24(27)28/h3-13,25H,14-15H2,1-2H3,(H,27,28). The molecule has 0 unspecified atom stereocenters. The molecule has 0 aliphatic carbocycles. The fourth-order valence-electron chi connectivity index (χ4n) is 3.20. The highest BCUT2D eigenvalue weighted by Crippen LogP contribution is 2.26. The van der Waals surface area contributed by atoms with Crippen molar-refractivity contribution in [3.05, 3.63) is 94.5 Å². The Morgan fingerprint density at radius 2 is 1.46 bits per heavy atom. The largest absolute Gasteiger partial charge is 0.478 e. The van der Waals surface area contributed by atoms with Crippen molar-refractivity contribution in [2.45, 2.75) is 26.7 Å². The first kappa shape index (κ1) is 19.4. The minimum atomic E-state index is -0.972. The second kappa shape index (κ2) is 8.53. The molecule has 0 bridgehead atoms. The molecule has 0 saturated carbocycles. The lowest BCUT2D eigenvalue weighted by molar-refractivity contribution is 0.0695. The Labute approximate surface area is 164 Å². The van der Waals surface area contributed by atoms with Gasteiger partial charge in [0.25, 0.3) is 0 Å². The van der Waals surface area contributed by atoms with Crippen LogP contribution < -0.4 is 5.32 Å². The highest BCUT2D eigenvalue weighted by molar-refractivity contribution is 6.02. The predicted octanol–water partition coefficient (Wildman–Crippen LogP) is 5.56. The summed E-state index contributed by atoms with van der Waals surface area (Å²) in [5.74, 6) is -0.992. The van der Waals surface area contributed by atoms with E-state index in [2.05, 4.69) is 18.3 Å². The molecule has 0 radical (unpaired) electrons. The minimum Gasteiger partial charge on any atom is -0.478 e. The van der Waals surface area contributed by atoms with Gasteiger partial charge in [-0.05, 0) is 61.2 Å². The molecule has 0 aromatic heterocycles. The average Bonchev–Trinajstić information content (AvgIpc) is 2.70. The first-order chi connectivity index (χ1) is 13.5. The van der Waals surface area contributed by atoms with Gasteiger partial charge < -0.3 is 10.4 Å². The maximum atomic E-state index is 12.9. The van der Waals surface area contributed by atoms with Gasteiger partial charge in [0.05, 0.1) is 5.56 Å². The summed E-state index contributed by atoms with van der Waals surface area (Å²) >= 11 is 0. The summed E-state index contributed by atoms with van der Waals surface area (Å²) in [5.41, 5.74) is 5.57. The molecule has 28 heavy (non-hydrogen) atoms. The van der Waals surface area contributed by atoms with E-state index >= 15 is 0 Å². The van der Waals surface area contributed by atoms with Gasteiger partial charge in [0.1, 0.15) is 0 Å². The number of benzene rings is 3. The third-order valence-corrected chi connectivity index (χ3v) is 4.97. The van der Waals surface area contributed by atoms with Crippen LogP contribution in [0.5, 0.6) is 0 Å². The summed E-state index contributed by atoms with van der Waals surface area (Å²) in [6.45, 7) is 4.10. The number of carboxylic acids is 1. The van der Waals surface area contributed by atoms with Crippen LogP contribution in [0.25, 0.3) is 0 Å². The lowest BCUT2D eigenvalue weighted by atomic mass is 9.98. The Morgan fingerprint density at radius 1 is 0.821 bits per heavy atom. The van der Waals surface area contributed by atoms with Crippen molar-refractivity contribution in [2.75, 3.05) is 5.32 Å². The van der Waals surface area contributed by atoms with Gasteiger partial charge in [-0.25, -0.2) is 4.79 Å². The highest BCUT2D eigenvalue weighted by Gasteiger charge is 2.15. The molecular weight excluding hydrogens is 350 g/mol. The highest BCUT2D eigenvalue weighted by atomic mass is 16.4. The molecule has 0 heterocycles. The molecule has 3 rings (SSSR count). The normalized spacial score (nSPS) is 10.5. The van der Waals surface area contributed by atoms with Crippen molar-refractivity contribution < 1.29 is 14.7 Å². The number of nitrogens with one attached hydrogen (secondary N) is 1. The molecule has 0 atom stereocenters. The molecule has 0 spiro atoms. The van der Waals surface area contributed by atoms with E-state index in [4.69, 9.17) is 0 Å². The van der Waals surface area contributed by atoms with E-state index < -0.39 is 5.97 Å². The van der Waals surface area contributed by atoms with Crippen LogP contribution in [-0.2, 0) is 6.42 Å². The maximum Gasteiger partial charge on any atom is 0.335 e. The molecule has 4 nitrogen and oxygen atoms in total. The fourth-order valence-corrected chi connectivity index (χ4v) is 3.20. The number of Topliss-reactive ketones (excluding diaryl/α,β-unsaturated/α-hetero) is 1. The number of carbonyl (C=O) groups excluding carboxylic acids is 1. The monoisotopic (exact) mass is 373 g/mol. The fraction of sp³-hybridized carbons (Fsp3) is 0.167. The van der Waals surface area contributed by atoms with Crippen molar-refractivity contribution in [1.82, 2.24) is 0 Å². The molecule has 3 aromatic carbocycles. The zero-order chi connectivity index (χ0) is 20.1. The number of carbonyl (C=O) groups is 2. The number of anilines is 2. The number of rotatable bonds is 7. The van der Waals surface area contributed by atoms with Crippen molar-refractivity contribution in [3.8, 4) is 0 Å². The molecule has 142 valence electrons. The molecule has 0 amide bonds. The van der Waals surface area contributed by atoms with E-state index in [1.54, 1.807) is 30.3 Å². The van der Waals surface area contributed by atoms with Crippen LogP contribution in [0.3, 0.4) is 0 Å². The van der Waals surface area contributed by atoms with Gasteiger partial charge in [-0.1, -0.05) is 42.5 Å². The van der Waals surface area contributed by atoms with E-state index in [-0.39, 0.29) is 17.8 Å². The minimum absolute atomic E-state index is 0.0198. The Bertz CT molecular complexity index is 1020. The van der Waals surface area contributed by atoms with Crippen molar-refractivity contribution in [2.24, 2.45) is 0 Å². The van der Waals surface area contributed by atoms with Crippen LogP contribution in [0.15, 0.2) is 66.7 Å². The van der Waals surface area contributed by atoms with Gasteiger partial charge in [-0.3, -0.25) is 4.79 Å². The maximum absolute atomic E-state index is 12.9. The molecular formula is C24H23NO3. The molecule has 4 heteroatoms. The van der Waals surface area contributed by atoms with Crippen LogP contribution in [0, 0.1) is 13.8 Å². The molecule has 2 N–H and O–H groups in total. The van der Waals surface area contributed by atoms with Crippen LogP contribution >= 0.6 is 0 Å². The van der Waals surface area contributed by atoms with Gasteiger partial charge >= 0.3 is 5.97 Å². The number of ketones is 1. The van der Waals surface area contributed by atoms with Gasteiger partial charge in [-0.15, -0.1) is 0 Å². The summed E-state index contributed by atoms with van der Waals surface area (Å²) in [7, 11) is 0. The zero-order valence-electron chi connectivity index (χ0n) is 16.0. The molecule has 0 aliphatic heterocycles. The van der Waals surface area contributed by atoms with E-state index in [0.717, 1.165) is 16.9 Å². The number of carboxylic acid groups (broad SMARTS) is 1. The Kier molecular flexibility index (Phi) is 5.90. The third-order valence-electron chi connectivity index (χ3n) is 4.97. The van der Waals surface area contributed by atoms with Gasteiger partial charge in [0.2, 0.25) is 0 Å². The summed E-state index contributed by atoms with van der Waals surface area (Å²) in [6, 6.07) is 20.3. The summed E-state index contributed by atoms with van der Waals surface area (Å²) in [5, 5.41) is 12.7. The van der Waals surface area contributed by atoms with E-state index in [0.29, 0.717) is 17.5 Å². The number of aryl methyl sites for hydroxylation is 2. The first-order valence-corrected chi connectivity index (χ1v) is 9.24. The summed E-state index contributed by atoms with van der Waals surface area (Å²) < 4.78 is 0. The first-order valence-electron chi connectivity index (χ1n) is 9.24. The second-order valence-electron chi connectivity index (χ2n) is 6.80. The Balaban J connectivity index is 1.80. The quantitative estimate of drug-likeness (QED) is 0.532. The number of hydrogen-bond acceptors (Lipinski definition) is 3. The lowest BCUT2D eigenvalue weighted by Crippen LogP contribution is -2.08. The number of hydrogen-bond donors (Lipinski definition) is 2. The average molecular weight is 373 g/mol. The molecule has 0 fully saturated rings. The number of para-hydroxylation sites is 1. The molecule has 0 saturated heterocycles. The molecule has 3 aromatic rings. The van der Waals surface area contributed by atoms with Gasteiger partial charge in [0.15, 0.2) is 5.78 Å². The van der Waals surface area contributed by atoms with Crippen LogP contribution in [-0.4, -0.2) is 16.9 Å². The third kappa shape index (κ3) is 4.29. The van der Waals surface area contributed by atoms with Crippen molar-refractivity contribution in [3.63, 3.8) is 0 Å². The summed E-state index contributed by atoms with van der Waals surface area (Å²) in [6.07, 6.45) is 0.634. The van der Waals surface area contributed by atoms with Crippen molar-refractivity contribution >= 4 is 23.1 Å². The van der Waals surface area contributed by atoms with Crippen LogP contribution in [0.1, 0.15) is 43.8 Å². The van der Waals surface area contributed by atoms with E-state index in [9.17, 15) is 14.7 Å². The van der Waals surface area contributed by atoms with Crippen LogP contribution in [0.2, 0.25) is 0 Å². The SMILES string of the molecule is Cc1cccc(Nc2ccccc2C(=O)CCc2ccccc2C(=O)O)c1C. The predicted molar refractivity (Wildman–Crippen MR) is 112 cm³/mol. The van der Waals surface area contributed by atoms with E-state index in [1.807, 2.05) is 37.3 Å². The smallest absolute Gasteiger partial charge is 0.335 e. The van der Waals surface area contributed by atoms with Crippen molar-refractivity contribution in [1.29, 1.82) is 0 Å². The topological polar surface area (TPSA) is 66.4 Å². The molecule has 0 aliphatic rings. The second-order valence-corrected chi connectivity index (χ2v) is 6.80. The van der Waals surface area contributed by atoms with E-state index in [1.165, 1.54) is 5.56 Å². The van der Waals surface area contributed by atoms with Gasteiger partial charge in [-0.2, -0.15) is 0 Å². The van der Waals surface area contributed by atoms with Crippen LogP contribution in [0.4, 0.5) is 11.4 Å². The number of aromatic carboxylic acids is 1.